The summed E-state index contributed by atoms with van der Waals surface area (Å²) < 4.78 is 0. The predicted molar refractivity (Wildman–Crippen MR) is 78.0 cm³/mol. The first kappa shape index (κ1) is 13.9. The van der Waals surface area contributed by atoms with E-state index in [0.717, 1.165) is 12.2 Å². The molecule has 1 heterocycles. The predicted octanol–water partition coefficient (Wildman–Crippen LogP) is 3.22. The van der Waals surface area contributed by atoms with Crippen LogP contribution in [0.5, 0.6) is 0 Å². The smallest absolute Gasteiger partial charge is 0.0446 e. The Bertz CT molecular complexity index is 400. The van der Waals surface area contributed by atoms with E-state index in [1.54, 1.807) is 0 Å². The van der Waals surface area contributed by atoms with Gasteiger partial charge in [-0.1, -0.05) is 39.0 Å². The van der Waals surface area contributed by atoms with Gasteiger partial charge in [-0.15, -0.1) is 11.8 Å². The van der Waals surface area contributed by atoms with E-state index < -0.39 is 0 Å². The Balaban J connectivity index is 2.10. The molecule has 2 unspecified atom stereocenters. The second-order valence-electron chi connectivity index (χ2n) is 6.00. The van der Waals surface area contributed by atoms with Crippen LogP contribution in [0.2, 0.25) is 0 Å². The minimum absolute atomic E-state index is 0.172. The Labute approximate surface area is 114 Å². The van der Waals surface area contributed by atoms with Crippen molar-refractivity contribution in [2.75, 3.05) is 12.4 Å². The zero-order chi connectivity index (χ0) is 13.2. The molecule has 0 fully saturated rings. The molecule has 18 heavy (non-hydrogen) atoms. The van der Waals surface area contributed by atoms with Crippen molar-refractivity contribution in [1.29, 1.82) is 0 Å². The second kappa shape index (κ2) is 5.64. The quantitative estimate of drug-likeness (QED) is 0.876. The molecule has 1 aromatic carbocycles. The van der Waals surface area contributed by atoms with Gasteiger partial charge in [-0.05, 0) is 23.5 Å². The maximum atomic E-state index is 9.22. The normalized spacial score (nSPS) is 20.8. The van der Waals surface area contributed by atoms with E-state index >= 15 is 0 Å². The molecule has 0 radical (unpaired) electrons. The number of nitrogens with one attached hydrogen (secondary N) is 1. The van der Waals surface area contributed by atoms with Gasteiger partial charge in [0.05, 0.1) is 0 Å². The molecule has 0 saturated heterocycles. The first-order valence-electron chi connectivity index (χ1n) is 6.61. The van der Waals surface area contributed by atoms with Gasteiger partial charge in [0.25, 0.3) is 0 Å². The lowest BCUT2D eigenvalue weighted by molar-refractivity contribution is 0.188. The lowest BCUT2D eigenvalue weighted by Crippen LogP contribution is -2.43. The number of fused-ring (bicyclic) bond motifs is 1. The molecule has 0 amide bonds. The number of hydrogen-bond donors (Lipinski definition) is 2. The van der Waals surface area contributed by atoms with Crippen molar-refractivity contribution in [3.05, 3.63) is 29.8 Å². The van der Waals surface area contributed by atoms with Crippen LogP contribution in [0, 0.1) is 5.41 Å². The summed E-state index contributed by atoms with van der Waals surface area (Å²) in [6.45, 7) is 6.94. The minimum Gasteiger partial charge on any atom is -0.396 e. The Morgan fingerprint density at radius 2 is 2.11 bits per heavy atom. The van der Waals surface area contributed by atoms with Crippen molar-refractivity contribution < 1.29 is 5.11 Å². The molecule has 1 aliphatic rings. The number of hydrogen-bond acceptors (Lipinski definition) is 3. The zero-order valence-corrected chi connectivity index (χ0v) is 12.3. The molecule has 2 rings (SSSR count). The van der Waals surface area contributed by atoms with E-state index in [1.807, 2.05) is 11.8 Å². The van der Waals surface area contributed by atoms with Crippen LogP contribution in [0.4, 0.5) is 0 Å². The van der Waals surface area contributed by atoms with Crippen LogP contribution >= 0.6 is 11.8 Å². The van der Waals surface area contributed by atoms with Gasteiger partial charge in [-0.25, -0.2) is 0 Å². The lowest BCUT2D eigenvalue weighted by atomic mass is 9.84. The van der Waals surface area contributed by atoms with Crippen molar-refractivity contribution in [1.82, 2.24) is 5.32 Å². The highest BCUT2D eigenvalue weighted by atomic mass is 32.2. The van der Waals surface area contributed by atoms with E-state index in [2.05, 4.69) is 50.4 Å². The third-order valence-electron chi connectivity index (χ3n) is 3.57. The van der Waals surface area contributed by atoms with E-state index in [-0.39, 0.29) is 12.0 Å². The Hall–Kier alpha value is -0.510. The molecule has 0 bridgehead atoms. The summed E-state index contributed by atoms with van der Waals surface area (Å²) in [5, 5.41) is 13.0. The Morgan fingerprint density at radius 1 is 1.39 bits per heavy atom. The molecule has 1 aromatic rings. The lowest BCUT2D eigenvalue weighted by Gasteiger charge is -2.33. The zero-order valence-electron chi connectivity index (χ0n) is 11.4. The number of aliphatic hydroxyl groups excluding tert-OH is 1. The highest BCUT2D eigenvalue weighted by molar-refractivity contribution is 7.99. The number of aliphatic hydroxyl groups is 1. The average molecular weight is 265 g/mol. The van der Waals surface area contributed by atoms with Crippen LogP contribution in [0.1, 0.15) is 38.8 Å². The van der Waals surface area contributed by atoms with Gasteiger partial charge in [0.15, 0.2) is 0 Å². The molecular weight excluding hydrogens is 242 g/mol. The molecule has 3 heteroatoms. The fourth-order valence-corrected chi connectivity index (χ4v) is 3.61. The van der Waals surface area contributed by atoms with Crippen molar-refractivity contribution in [3.8, 4) is 0 Å². The fraction of sp³-hybridized carbons (Fsp3) is 0.600. The van der Waals surface area contributed by atoms with Crippen molar-refractivity contribution in [3.63, 3.8) is 0 Å². The summed E-state index contributed by atoms with van der Waals surface area (Å²) in [6.07, 6.45) is 0.812. The number of benzene rings is 1. The highest BCUT2D eigenvalue weighted by Crippen LogP contribution is 2.39. The third-order valence-corrected chi connectivity index (χ3v) is 4.75. The second-order valence-corrected chi connectivity index (χ2v) is 7.06. The molecule has 0 aliphatic carbocycles. The van der Waals surface area contributed by atoms with Crippen LogP contribution in [0.15, 0.2) is 29.2 Å². The van der Waals surface area contributed by atoms with Crippen LogP contribution in [0.25, 0.3) is 0 Å². The maximum Gasteiger partial charge on any atom is 0.0446 e. The molecular formula is C15H23NOS. The van der Waals surface area contributed by atoms with Crippen molar-refractivity contribution in [2.24, 2.45) is 5.41 Å². The monoisotopic (exact) mass is 265 g/mol. The van der Waals surface area contributed by atoms with E-state index in [4.69, 9.17) is 0 Å². The van der Waals surface area contributed by atoms with Gasteiger partial charge >= 0.3 is 0 Å². The van der Waals surface area contributed by atoms with Crippen molar-refractivity contribution in [2.45, 2.75) is 44.2 Å². The average Bonchev–Trinajstić information content (AvgIpc) is 2.71. The maximum absolute atomic E-state index is 9.22. The van der Waals surface area contributed by atoms with E-state index in [0.29, 0.717) is 12.1 Å². The standard InChI is InChI=1S/C15H23NOS/c1-15(2,3)14(8-9-17)16-12-10-18-13-7-5-4-6-11(12)13/h4-7,12,14,16-17H,8-10H2,1-3H3. The third kappa shape index (κ3) is 3.08. The van der Waals surface area contributed by atoms with E-state index in [9.17, 15) is 5.11 Å². The summed E-state index contributed by atoms with van der Waals surface area (Å²) in [4.78, 5) is 1.40. The van der Waals surface area contributed by atoms with Gasteiger partial charge in [0.1, 0.15) is 0 Å². The number of rotatable bonds is 4. The summed E-state index contributed by atoms with van der Waals surface area (Å²) in [7, 11) is 0. The molecule has 0 aromatic heterocycles. The number of thioether (sulfide) groups is 1. The Kier molecular flexibility index (Phi) is 4.36. The fourth-order valence-electron chi connectivity index (χ4n) is 2.44. The first-order valence-corrected chi connectivity index (χ1v) is 7.59. The molecule has 2 nitrogen and oxygen atoms in total. The van der Waals surface area contributed by atoms with Gasteiger partial charge < -0.3 is 10.4 Å². The molecule has 2 atom stereocenters. The van der Waals surface area contributed by atoms with E-state index in [1.165, 1.54) is 10.5 Å². The highest BCUT2D eigenvalue weighted by Gasteiger charge is 2.30. The van der Waals surface area contributed by atoms with Crippen molar-refractivity contribution >= 4 is 11.8 Å². The largest absolute Gasteiger partial charge is 0.396 e. The molecule has 2 N–H and O–H groups in total. The SMILES string of the molecule is CC(C)(C)C(CCO)NC1CSc2ccccc21. The van der Waals surface area contributed by atoms with Crippen LogP contribution in [-0.4, -0.2) is 23.5 Å². The molecule has 1 aliphatic heterocycles. The summed E-state index contributed by atoms with van der Waals surface area (Å²) in [5.41, 5.74) is 1.58. The van der Waals surface area contributed by atoms with Crippen LogP contribution in [-0.2, 0) is 0 Å². The molecule has 0 spiro atoms. The topological polar surface area (TPSA) is 32.3 Å². The van der Waals surface area contributed by atoms with Gasteiger partial charge in [-0.2, -0.15) is 0 Å². The van der Waals surface area contributed by atoms with Gasteiger partial charge in [0.2, 0.25) is 0 Å². The molecule has 0 saturated carbocycles. The van der Waals surface area contributed by atoms with Gasteiger partial charge in [0, 0.05) is 29.3 Å². The summed E-state index contributed by atoms with van der Waals surface area (Å²) in [6, 6.07) is 9.38. The molecule has 100 valence electrons. The summed E-state index contributed by atoms with van der Waals surface area (Å²) in [5.74, 6) is 1.09. The first-order chi connectivity index (χ1) is 8.52. The summed E-state index contributed by atoms with van der Waals surface area (Å²) >= 11 is 1.92. The minimum atomic E-state index is 0.172. The Morgan fingerprint density at radius 3 is 2.78 bits per heavy atom. The van der Waals surface area contributed by atoms with Crippen LogP contribution < -0.4 is 5.32 Å². The van der Waals surface area contributed by atoms with Crippen LogP contribution in [0.3, 0.4) is 0 Å². The van der Waals surface area contributed by atoms with Gasteiger partial charge in [-0.3, -0.25) is 0 Å².